The van der Waals surface area contributed by atoms with Gasteiger partial charge >= 0.3 is 6.03 Å². The lowest BCUT2D eigenvalue weighted by Crippen LogP contribution is -2.35. The zero-order valence-electron chi connectivity index (χ0n) is 7.89. The van der Waals surface area contributed by atoms with Crippen LogP contribution in [0.5, 0.6) is 0 Å². The van der Waals surface area contributed by atoms with Gasteiger partial charge in [0.05, 0.1) is 6.04 Å². The fourth-order valence-electron chi connectivity index (χ4n) is 1.96. The van der Waals surface area contributed by atoms with Crippen LogP contribution in [0.1, 0.15) is 24.4 Å². The molecule has 1 saturated heterocycles. The van der Waals surface area contributed by atoms with E-state index in [-0.39, 0.29) is 12.1 Å². The number of nitrogens with two attached hydrogens (primary N) is 1. The van der Waals surface area contributed by atoms with E-state index in [1.807, 2.05) is 12.1 Å². The van der Waals surface area contributed by atoms with Crippen LogP contribution in [-0.4, -0.2) is 22.5 Å². The third-order valence-corrected chi connectivity index (χ3v) is 2.63. The standard InChI is InChI=1S/C10H13N3O/c11-10(14)13-7-1-2-9(13)8-3-5-12-6-4-8/h3-6,9H,1-2,7H2,(H2,11,14). The molecule has 0 aliphatic carbocycles. The number of primary amides is 1. The van der Waals surface area contributed by atoms with Crippen LogP contribution in [0, 0.1) is 0 Å². The molecule has 0 aromatic carbocycles. The van der Waals surface area contributed by atoms with E-state index >= 15 is 0 Å². The molecule has 14 heavy (non-hydrogen) atoms. The van der Waals surface area contributed by atoms with E-state index in [2.05, 4.69) is 4.98 Å². The molecule has 4 heteroatoms. The van der Waals surface area contributed by atoms with Crippen LogP contribution in [0.15, 0.2) is 24.5 Å². The molecule has 1 aromatic rings. The van der Waals surface area contributed by atoms with E-state index in [4.69, 9.17) is 5.73 Å². The number of rotatable bonds is 1. The average Bonchev–Trinajstić information content (AvgIpc) is 2.67. The Labute approximate surface area is 82.7 Å². The van der Waals surface area contributed by atoms with Crippen molar-refractivity contribution in [1.29, 1.82) is 0 Å². The number of urea groups is 1. The lowest BCUT2D eigenvalue weighted by Gasteiger charge is -2.22. The fraction of sp³-hybridized carbons (Fsp3) is 0.400. The van der Waals surface area contributed by atoms with E-state index in [1.54, 1.807) is 17.3 Å². The maximum absolute atomic E-state index is 11.1. The Morgan fingerprint density at radius 1 is 1.50 bits per heavy atom. The van der Waals surface area contributed by atoms with Crippen molar-refractivity contribution in [3.63, 3.8) is 0 Å². The van der Waals surface area contributed by atoms with E-state index in [0.29, 0.717) is 0 Å². The molecule has 2 N–H and O–H groups in total. The van der Waals surface area contributed by atoms with Gasteiger partial charge < -0.3 is 10.6 Å². The Morgan fingerprint density at radius 3 is 2.86 bits per heavy atom. The van der Waals surface area contributed by atoms with Crippen molar-refractivity contribution >= 4 is 6.03 Å². The summed E-state index contributed by atoms with van der Waals surface area (Å²) in [5, 5.41) is 0. The second-order valence-electron chi connectivity index (χ2n) is 3.47. The van der Waals surface area contributed by atoms with Crippen LogP contribution in [0.25, 0.3) is 0 Å². The molecular weight excluding hydrogens is 178 g/mol. The first-order valence-electron chi connectivity index (χ1n) is 4.75. The number of nitrogens with zero attached hydrogens (tertiary/aromatic N) is 2. The number of carbonyl (C=O) groups excluding carboxylic acids is 1. The molecule has 2 heterocycles. The first kappa shape index (κ1) is 8.99. The van der Waals surface area contributed by atoms with Crippen molar-refractivity contribution in [3.8, 4) is 0 Å². The first-order valence-corrected chi connectivity index (χ1v) is 4.75. The number of aromatic nitrogens is 1. The second kappa shape index (κ2) is 3.65. The lowest BCUT2D eigenvalue weighted by atomic mass is 10.1. The maximum atomic E-state index is 11.1. The Balaban J connectivity index is 2.22. The van der Waals surface area contributed by atoms with Gasteiger partial charge in [-0.1, -0.05) is 0 Å². The largest absolute Gasteiger partial charge is 0.351 e. The highest BCUT2D eigenvalue weighted by Gasteiger charge is 2.28. The lowest BCUT2D eigenvalue weighted by molar-refractivity contribution is 0.203. The van der Waals surface area contributed by atoms with Crippen molar-refractivity contribution in [2.24, 2.45) is 5.73 Å². The smallest absolute Gasteiger partial charge is 0.315 e. The molecule has 2 amide bonds. The monoisotopic (exact) mass is 191 g/mol. The predicted octanol–water partition coefficient (Wildman–Crippen LogP) is 1.30. The highest BCUT2D eigenvalue weighted by atomic mass is 16.2. The van der Waals surface area contributed by atoms with Crippen LogP contribution in [0.2, 0.25) is 0 Å². The maximum Gasteiger partial charge on any atom is 0.315 e. The Kier molecular flexibility index (Phi) is 2.35. The molecule has 0 radical (unpaired) electrons. The minimum atomic E-state index is -0.329. The number of carbonyl (C=O) groups is 1. The molecule has 1 fully saturated rings. The van der Waals surface area contributed by atoms with Gasteiger partial charge in [-0.25, -0.2) is 4.79 Å². The minimum Gasteiger partial charge on any atom is -0.351 e. The van der Waals surface area contributed by atoms with Crippen molar-refractivity contribution in [2.45, 2.75) is 18.9 Å². The quantitative estimate of drug-likeness (QED) is 0.727. The van der Waals surface area contributed by atoms with E-state index < -0.39 is 0 Å². The molecule has 2 rings (SSSR count). The number of hydrogen-bond donors (Lipinski definition) is 1. The summed E-state index contributed by atoms with van der Waals surface area (Å²) in [6, 6.07) is 3.69. The second-order valence-corrected chi connectivity index (χ2v) is 3.47. The van der Waals surface area contributed by atoms with Crippen molar-refractivity contribution in [3.05, 3.63) is 30.1 Å². The van der Waals surface area contributed by atoms with E-state index in [9.17, 15) is 4.79 Å². The third-order valence-electron chi connectivity index (χ3n) is 2.63. The topological polar surface area (TPSA) is 59.2 Å². The highest BCUT2D eigenvalue weighted by Crippen LogP contribution is 2.30. The zero-order valence-corrected chi connectivity index (χ0v) is 7.89. The van der Waals surface area contributed by atoms with Crippen LogP contribution in [0.4, 0.5) is 4.79 Å². The van der Waals surface area contributed by atoms with Crippen molar-refractivity contribution < 1.29 is 4.79 Å². The van der Waals surface area contributed by atoms with Gasteiger partial charge in [-0.2, -0.15) is 0 Å². The van der Waals surface area contributed by atoms with Gasteiger partial charge in [0, 0.05) is 18.9 Å². The zero-order chi connectivity index (χ0) is 9.97. The third kappa shape index (κ3) is 1.55. The summed E-state index contributed by atoms with van der Waals surface area (Å²) in [6.07, 6.45) is 5.50. The van der Waals surface area contributed by atoms with E-state index in [0.717, 1.165) is 24.9 Å². The number of pyridine rings is 1. The molecular formula is C10H13N3O. The normalized spacial score (nSPS) is 21.1. The molecule has 0 saturated carbocycles. The van der Waals surface area contributed by atoms with Crippen LogP contribution >= 0.6 is 0 Å². The van der Waals surface area contributed by atoms with Gasteiger partial charge in [0.1, 0.15) is 0 Å². The van der Waals surface area contributed by atoms with Gasteiger partial charge in [-0.3, -0.25) is 4.98 Å². The summed E-state index contributed by atoms with van der Waals surface area (Å²) < 4.78 is 0. The van der Waals surface area contributed by atoms with Crippen molar-refractivity contribution in [1.82, 2.24) is 9.88 Å². The SMILES string of the molecule is NC(=O)N1CCCC1c1ccncc1. The predicted molar refractivity (Wildman–Crippen MR) is 52.5 cm³/mol. The number of likely N-dealkylation sites (tertiary alicyclic amines) is 1. The molecule has 1 aromatic heterocycles. The van der Waals surface area contributed by atoms with Crippen molar-refractivity contribution in [2.75, 3.05) is 6.54 Å². The Morgan fingerprint density at radius 2 is 2.21 bits per heavy atom. The van der Waals surface area contributed by atoms with Gasteiger partial charge in [-0.05, 0) is 30.5 Å². The van der Waals surface area contributed by atoms with Gasteiger partial charge in [0.2, 0.25) is 0 Å². The van der Waals surface area contributed by atoms with Gasteiger partial charge in [-0.15, -0.1) is 0 Å². The molecule has 74 valence electrons. The summed E-state index contributed by atoms with van der Waals surface area (Å²) in [4.78, 5) is 16.8. The summed E-state index contributed by atoms with van der Waals surface area (Å²) in [5.41, 5.74) is 6.42. The molecule has 1 aliphatic rings. The summed E-state index contributed by atoms with van der Waals surface area (Å²) >= 11 is 0. The first-order chi connectivity index (χ1) is 6.79. The fourth-order valence-corrected chi connectivity index (χ4v) is 1.96. The molecule has 4 nitrogen and oxygen atoms in total. The number of hydrogen-bond acceptors (Lipinski definition) is 2. The average molecular weight is 191 g/mol. The van der Waals surface area contributed by atoms with Crippen LogP contribution in [-0.2, 0) is 0 Å². The van der Waals surface area contributed by atoms with Gasteiger partial charge in [0.25, 0.3) is 0 Å². The summed E-state index contributed by atoms with van der Waals surface area (Å²) in [7, 11) is 0. The number of amides is 2. The summed E-state index contributed by atoms with van der Waals surface area (Å²) in [6.45, 7) is 0.766. The highest BCUT2D eigenvalue weighted by molar-refractivity contribution is 5.73. The minimum absolute atomic E-state index is 0.149. The van der Waals surface area contributed by atoms with E-state index in [1.165, 1.54) is 0 Å². The Hall–Kier alpha value is -1.58. The van der Waals surface area contributed by atoms with Gasteiger partial charge in [0.15, 0.2) is 0 Å². The molecule has 1 unspecified atom stereocenters. The summed E-state index contributed by atoms with van der Waals surface area (Å²) in [5.74, 6) is 0. The Bertz CT molecular complexity index is 325. The molecule has 1 aliphatic heterocycles. The van der Waals surface area contributed by atoms with Crippen LogP contribution < -0.4 is 5.73 Å². The molecule has 1 atom stereocenters. The molecule has 0 spiro atoms. The molecule has 0 bridgehead atoms. The van der Waals surface area contributed by atoms with Crippen LogP contribution in [0.3, 0.4) is 0 Å².